The minimum atomic E-state index is -3.72. The van der Waals surface area contributed by atoms with Crippen LogP contribution >= 0.6 is 0 Å². The summed E-state index contributed by atoms with van der Waals surface area (Å²) in [5.74, 6) is -0.186. The van der Waals surface area contributed by atoms with Gasteiger partial charge < -0.3 is 19.4 Å². The summed E-state index contributed by atoms with van der Waals surface area (Å²) >= 11 is 0. The molecule has 0 bridgehead atoms. The number of carbonyl (C=O) groups is 1. The Bertz CT molecular complexity index is 1420. The van der Waals surface area contributed by atoms with Crippen LogP contribution < -0.4 is 20.3 Å². The van der Waals surface area contributed by atoms with Crippen molar-refractivity contribution >= 4 is 11.7 Å². The number of aromatic nitrogens is 2. The lowest BCUT2D eigenvalue weighted by molar-refractivity contribution is -0.286. The lowest BCUT2D eigenvalue weighted by Gasteiger charge is -2.17. The third kappa shape index (κ3) is 3.75. The standard InChI is InChI=1S/C24H18F2N4O4/c1-14-2-6-19(28-21(14)15-3-7-20(31)30(13-15)11-10-27)29-22(32)23(8-9-23)16-4-5-17-18(12-16)34-24(25,26)33-17/h2-7,12-13H,8-9,11H2,1H3,(H,28,29,32). The Labute approximate surface area is 192 Å². The van der Waals surface area contributed by atoms with E-state index in [1.165, 1.54) is 22.8 Å². The van der Waals surface area contributed by atoms with Gasteiger partial charge in [-0.15, -0.1) is 8.78 Å². The molecule has 3 aromatic rings. The molecule has 2 aliphatic rings. The molecule has 0 saturated heterocycles. The number of nitriles is 1. The summed E-state index contributed by atoms with van der Waals surface area (Å²) in [5, 5.41) is 11.8. The molecule has 1 saturated carbocycles. The smallest absolute Gasteiger partial charge is 0.395 e. The number of hydrogen-bond acceptors (Lipinski definition) is 6. The number of fused-ring (bicyclic) bond motifs is 1. The minimum Gasteiger partial charge on any atom is -0.395 e. The molecule has 0 unspecified atom stereocenters. The van der Waals surface area contributed by atoms with E-state index in [0.29, 0.717) is 35.5 Å². The first kappa shape index (κ1) is 21.6. The molecular formula is C24H18F2N4O4. The Hall–Kier alpha value is -4.26. The number of pyridine rings is 2. The Balaban J connectivity index is 1.41. The maximum atomic E-state index is 13.4. The monoisotopic (exact) mass is 464 g/mol. The third-order valence-electron chi connectivity index (χ3n) is 5.98. The van der Waals surface area contributed by atoms with Crippen molar-refractivity contribution < 1.29 is 23.0 Å². The Kier molecular flexibility index (Phi) is 4.86. The highest BCUT2D eigenvalue weighted by atomic mass is 19.3. The first-order valence-corrected chi connectivity index (χ1v) is 10.5. The first-order valence-electron chi connectivity index (χ1n) is 10.5. The van der Waals surface area contributed by atoms with E-state index in [1.807, 2.05) is 13.0 Å². The van der Waals surface area contributed by atoms with Crippen molar-refractivity contribution in [2.45, 2.75) is 38.0 Å². The third-order valence-corrected chi connectivity index (χ3v) is 5.98. The number of ether oxygens (including phenoxy) is 2. The number of amides is 1. The number of aryl methyl sites for hydroxylation is 1. The van der Waals surface area contributed by atoms with Crippen molar-refractivity contribution in [2.24, 2.45) is 0 Å². The number of nitrogens with one attached hydrogen (secondary N) is 1. The van der Waals surface area contributed by atoms with Crippen LogP contribution in [0.1, 0.15) is 24.0 Å². The number of nitrogens with zero attached hydrogens (tertiary/aromatic N) is 3. The van der Waals surface area contributed by atoms with Crippen LogP contribution in [-0.4, -0.2) is 21.8 Å². The van der Waals surface area contributed by atoms with Crippen molar-refractivity contribution in [1.82, 2.24) is 9.55 Å². The molecule has 1 N–H and O–H groups in total. The minimum absolute atomic E-state index is 0.0764. The van der Waals surface area contributed by atoms with Crippen LogP contribution in [-0.2, 0) is 16.8 Å². The predicted molar refractivity (Wildman–Crippen MR) is 116 cm³/mol. The molecule has 2 aromatic heterocycles. The zero-order chi connectivity index (χ0) is 24.1. The molecule has 1 fully saturated rings. The molecule has 0 radical (unpaired) electrons. The van der Waals surface area contributed by atoms with E-state index in [2.05, 4.69) is 19.8 Å². The fraction of sp³-hybridized carbons (Fsp3) is 0.250. The summed E-state index contributed by atoms with van der Waals surface area (Å²) in [6.45, 7) is 1.75. The van der Waals surface area contributed by atoms with Crippen molar-refractivity contribution in [3.05, 3.63) is 70.1 Å². The fourth-order valence-corrected chi connectivity index (χ4v) is 4.02. The number of alkyl halides is 2. The quantitative estimate of drug-likeness (QED) is 0.617. The van der Waals surface area contributed by atoms with Crippen LogP contribution in [0.2, 0.25) is 0 Å². The number of benzene rings is 1. The van der Waals surface area contributed by atoms with Crippen molar-refractivity contribution in [3.8, 4) is 28.8 Å². The lowest BCUT2D eigenvalue weighted by Crippen LogP contribution is -2.28. The van der Waals surface area contributed by atoms with Crippen LogP contribution in [0.25, 0.3) is 11.3 Å². The van der Waals surface area contributed by atoms with Crippen LogP contribution in [0.4, 0.5) is 14.6 Å². The Morgan fingerprint density at radius 3 is 2.68 bits per heavy atom. The summed E-state index contributed by atoms with van der Waals surface area (Å²) in [7, 11) is 0. The number of halogens is 2. The van der Waals surface area contributed by atoms with E-state index in [-0.39, 0.29) is 29.5 Å². The normalized spacial score (nSPS) is 16.5. The predicted octanol–water partition coefficient (Wildman–Crippen LogP) is 3.73. The molecule has 10 heteroatoms. The highest BCUT2D eigenvalue weighted by Crippen LogP contribution is 2.52. The molecular weight excluding hydrogens is 446 g/mol. The van der Waals surface area contributed by atoms with Crippen molar-refractivity contribution in [2.75, 3.05) is 5.32 Å². The van der Waals surface area contributed by atoms with Crippen LogP contribution in [0, 0.1) is 18.3 Å². The lowest BCUT2D eigenvalue weighted by atomic mass is 9.94. The summed E-state index contributed by atoms with van der Waals surface area (Å²) in [4.78, 5) is 29.7. The van der Waals surface area contributed by atoms with E-state index >= 15 is 0 Å². The maximum absolute atomic E-state index is 13.4. The molecule has 1 aliphatic heterocycles. The fourth-order valence-electron chi connectivity index (χ4n) is 4.02. The van der Waals surface area contributed by atoms with Gasteiger partial charge >= 0.3 is 6.29 Å². The summed E-state index contributed by atoms with van der Waals surface area (Å²) in [6, 6.07) is 12.7. The van der Waals surface area contributed by atoms with Gasteiger partial charge in [0.2, 0.25) is 5.91 Å². The molecule has 0 atom stereocenters. The molecule has 0 spiro atoms. The second-order valence-corrected chi connectivity index (χ2v) is 8.27. The molecule has 5 rings (SSSR count). The van der Waals surface area contributed by atoms with E-state index in [1.54, 1.807) is 30.5 Å². The Morgan fingerprint density at radius 2 is 1.94 bits per heavy atom. The van der Waals surface area contributed by atoms with Crippen molar-refractivity contribution in [3.63, 3.8) is 0 Å². The molecule has 172 valence electrons. The van der Waals surface area contributed by atoms with Crippen molar-refractivity contribution in [1.29, 1.82) is 5.26 Å². The average molecular weight is 464 g/mol. The van der Waals surface area contributed by atoms with E-state index in [0.717, 1.165) is 5.56 Å². The first-order chi connectivity index (χ1) is 16.2. The molecule has 1 aromatic carbocycles. The molecule has 8 nitrogen and oxygen atoms in total. The highest BCUT2D eigenvalue weighted by molar-refractivity contribution is 6.01. The van der Waals surface area contributed by atoms with E-state index in [9.17, 15) is 18.4 Å². The van der Waals surface area contributed by atoms with Gasteiger partial charge in [0, 0.05) is 17.8 Å². The SMILES string of the molecule is Cc1ccc(NC(=O)C2(c3ccc4c(c3)OC(F)(F)O4)CC2)nc1-c1ccc(=O)n(CC#N)c1. The Morgan fingerprint density at radius 1 is 1.18 bits per heavy atom. The summed E-state index contributed by atoms with van der Waals surface area (Å²) in [6.07, 6.45) is -1.07. The van der Waals surface area contributed by atoms with Gasteiger partial charge in [-0.2, -0.15) is 5.26 Å². The van der Waals surface area contributed by atoms with Crippen LogP contribution in [0.3, 0.4) is 0 Å². The number of carbonyl (C=O) groups excluding carboxylic acids is 1. The maximum Gasteiger partial charge on any atom is 0.586 e. The van der Waals surface area contributed by atoms with E-state index in [4.69, 9.17) is 5.26 Å². The zero-order valence-corrected chi connectivity index (χ0v) is 18.0. The molecule has 1 amide bonds. The topological polar surface area (TPSA) is 106 Å². The molecule has 34 heavy (non-hydrogen) atoms. The summed E-state index contributed by atoms with van der Waals surface area (Å²) < 4.78 is 37.0. The average Bonchev–Trinajstić information content (AvgIpc) is 3.54. The summed E-state index contributed by atoms with van der Waals surface area (Å²) in [5.41, 5.74) is 1.38. The van der Waals surface area contributed by atoms with Gasteiger partial charge in [-0.1, -0.05) is 12.1 Å². The van der Waals surface area contributed by atoms with Gasteiger partial charge in [-0.3, -0.25) is 9.59 Å². The molecule has 3 heterocycles. The van der Waals surface area contributed by atoms with Gasteiger partial charge in [0.1, 0.15) is 12.4 Å². The van der Waals surface area contributed by atoms with Crippen LogP contribution in [0.5, 0.6) is 11.5 Å². The molecule has 1 aliphatic carbocycles. The second kappa shape index (κ2) is 7.66. The number of anilines is 1. The van der Waals surface area contributed by atoms with Gasteiger partial charge in [-0.05, 0) is 55.2 Å². The van der Waals surface area contributed by atoms with Gasteiger partial charge in [-0.25, -0.2) is 4.98 Å². The largest absolute Gasteiger partial charge is 0.586 e. The van der Waals surface area contributed by atoms with Gasteiger partial charge in [0.15, 0.2) is 11.5 Å². The van der Waals surface area contributed by atoms with Crippen LogP contribution in [0.15, 0.2) is 53.5 Å². The second-order valence-electron chi connectivity index (χ2n) is 8.27. The van der Waals surface area contributed by atoms with Gasteiger partial charge in [0.05, 0.1) is 17.2 Å². The highest BCUT2D eigenvalue weighted by Gasteiger charge is 2.53. The van der Waals surface area contributed by atoms with Gasteiger partial charge in [0.25, 0.3) is 5.56 Å². The zero-order valence-electron chi connectivity index (χ0n) is 18.0. The number of hydrogen-bond donors (Lipinski definition) is 1. The van der Waals surface area contributed by atoms with E-state index < -0.39 is 11.7 Å². The number of rotatable bonds is 5.